The lowest BCUT2D eigenvalue weighted by atomic mass is 9.99. The van der Waals surface area contributed by atoms with E-state index < -0.39 is 0 Å². The first-order valence-corrected chi connectivity index (χ1v) is 9.10. The molecule has 1 aliphatic heterocycles. The first-order chi connectivity index (χ1) is 12.0. The zero-order valence-electron chi connectivity index (χ0n) is 14.1. The molecule has 0 saturated heterocycles. The van der Waals surface area contributed by atoms with Gasteiger partial charge < -0.3 is 15.5 Å². The van der Waals surface area contributed by atoms with Gasteiger partial charge in [-0.3, -0.25) is 0 Å². The zero-order valence-corrected chi connectivity index (χ0v) is 15.7. The molecule has 132 valence electrons. The standard InChI is InChI=1S/C19H21BrFN3O/c1-24-6-2-3-15-7-13(4-5-18(15)24)11-22-19(25)23-12-14-8-16(20)10-17(21)9-14/h4-5,7-10H,2-3,6,11-12H2,1H3,(H2,22,23,25). The quantitative estimate of drug-likeness (QED) is 0.807. The Hall–Kier alpha value is -2.08. The smallest absolute Gasteiger partial charge is 0.315 e. The molecule has 2 amide bonds. The van der Waals surface area contributed by atoms with Gasteiger partial charge in [0.15, 0.2) is 0 Å². The molecule has 0 unspecified atom stereocenters. The van der Waals surface area contributed by atoms with Crippen LogP contribution < -0.4 is 15.5 Å². The van der Waals surface area contributed by atoms with Crippen molar-refractivity contribution in [2.75, 3.05) is 18.5 Å². The largest absolute Gasteiger partial charge is 0.374 e. The molecule has 2 N–H and O–H groups in total. The minimum atomic E-state index is -0.328. The Morgan fingerprint density at radius 3 is 2.68 bits per heavy atom. The average molecular weight is 406 g/mol. The molecule has 6 heteroatoms. The fourth-order valence-corrected chi connectivity index (χ4v) is 3.60. The van der Waals surface area contributed by atoms with Crippen molar-refractivity contribution in [3.05, 3.63) is 63.4 Å². The van der Waals surface area contributed by atoms with Crippen LogP contribution in [0, 0.1) is 5.82 Å². The van der Waals surface area contributed by atoms with Crippen LogP contribution in [0.5, 0.6) is 0 Å². The van der Waals surface area contributed by atoms with E-state index in [1.165, 1.54) is 23.4 Å². The lowest BCUT2D eigenvalue weighted by molar-refractivity contribution is 0.240. The van der Waals surface area contributed by atoms with Crippen molar-refractivity contribution in [1.29, 1.82) is 0 Å². The van der Waals surface area contributed by atoms with Crippen LogP contribution in [0.25, 0.3) is 0 Å². The van der Waals surface area contributed by atoms with Crippen molar-refractivity contribution >= 4 is 27.6 Å². The van der Waals surface area contributed by atoms with Crippen molar-refractivity contribution in [3.8, 4) is 0 Å². The number of hydrogen-bond acceptors (Lipinski definition) is 2. The number of benzene rings is 2. The summed E-state index contributed by atoms with van der Waals surface area (Å²) in [4.78, 5) is 14.2. The van der Waals surface area contributed by atoms with Gasteiger partial charge in [0.2, 0.25) is 0 Å². The molecule has 3 rings (SSSR count). The van der Waals surface area contributed by atoms with E-state index in [1.54, 1.807) is 6.07 Å². The summed E-state index contributed by atoms with van der Waals surface area (Å²) in [7, 11) is 2.11. The molecule has 0 fully saturated rings. The molecule has 2 aromatic carbocycles. The Labute approximate surface area is 155 Å². The van der Waals surface area contributed by atoms with E-state index >= 15 is 0 Å². The summed E-state index contributed by atoms with van der Waals surface area (Å²) in [5.41, 5.74) is 4.39. The van der Waals surface area contributed by atoms with Crippen molar-refractivity contribution in [1.82, 2.24) is 10.6 Å². The SMILES string of the molecule is CN1CCCc2cc(CNC(=O)NCc3cc(F)cc(Br)c3)ccc21. The van der Waals surface area contributed by atoms with Gasteiger partial charge in [-0.15, -0.1) is 0 Å². The molecule has 0 bridgehead atoms. The molecule has 4 nitrogen and oxygen atoms in total. The summed E-state index contributed by atoms with van der Waals surface area (Å²) >= 11 is 3.24. The van der Waals surface area contributed by atoms with E-state index in [2.05, 4.69) is 50.6 Å². The second kappa shape index (κ2) is 7.87. The molecule has 0 spiro atoms. The summed E-state index contributed by atoms with van der Waals surface area (Å²) in [5, 5.41) is 5.59. The Morgan fingerprint density at radius 1 is 1.16 bits per heavy atom. The Balaban J connectivity index is 1.52. The van der Waals surface area contributed by atoms with Crippen LogP contribution in [0.4, 0.5) is 14.9 Å². The highest BCUT2D eigenvalue weighted by Gasteiger charge is 2.13. The first-order valence-electron chi connectivity index (χ1n) is 8.31. The highest BCUT2D eigenvalue weighted by Crippen LogP contribution is 2.26. The number of fused-ring (bicyclic) bond motifs is 1. The van der Waals surface area contributed by atoms with E-state index in [0.717, 1.165) is 24.9 Å². The van der Waals surface area contributed by atoms with Crippen LogP contribution in [0.2, 0.25) is 0 Å². The Morgan fingerprint density at radius 2 is 1.92 bits per heavy atom. The van der Waals surface area contributed by atoms with Gasteiger partial charge in [-0.25, -0.2) is 9.18 Å². The molecule has 2 aromatic rings. The van der Waals surface area contributed by atoms with Crippen LogP contribution in [0.3, 0.4) is 0 Å². The third-order valence-electron chi connectivity index (χ3n) is 4.32. The monoisotopic (exact) mass is 405 g/mol. The third-order valence-corrected chi connectivity index (χ3v) is 4.78. The van der Waals surface area contributed by atoms with Gasteiger partial charge in [0.05, 0.1) is 0 Å². The summed E-state index contributed by atoms with van der Waals surface area (Å²) in [6.45, 7) is 1.83. The Bertz CT molecular complexity index is 761. The van der Waals surface area contributed by atoms with Gasteiger partial charge in [-0.1, -0.05) is 28.1 Å². The van der Waals surface area contributed by atoms with Gasteiger partial charge in [-0.2, -0.15) is 0 Å². The van der Waals surface area contributed by atoms with E-state index in [1.807, 2.05) is 6.07 Å². The molecule has 0 saturated carbocycles. The highest BCUT2D eigenvalue weighted by atomic mass is 79.9. The molecule has 0 radical (unpaired) electrons. The van der Waals surface area contributed by atoms with Crippen molar-refractivity contribution < 1.29 is 9.18 Å². The highest BCUT2D eigenvalue weighted by molar-refractivity contribution is 9.10. The molecular formula is C19H21BrFN3O. The molecule has 0 aliphatic carbocycles. The zero-order chi connectivity index (χ0) is 17.8. The van der Waals surface area contributed by atoms with Crippen molar-refractivity contribution in [2.45, 2.75) is 25.9 Å². The summed E-state index contributed by atoms with van der Waals surface area (Å²) in [6, 6.07) is 10.6. The number of rotatable bonds is 4. The predicted molar refractivity (Wildman–Crippen MR) is 101 cm³/mol. The molecule has 1 aliphatic rings. The van der Waals surface area contributed by atoms with Crippen LogP contribution in [-0.4, -0.2) is 19.6 Å². The second-order valence-electron chi connectivity index (χ2n) is 6.30. The fraction of sp³-hybridized carbons (Fsp3) is 0.316. The predicted octanol–water partition coefficient (Wildman–Crippen LogP) is 3.97. The lowest BCUT2D eigenvalue weighted by Crippen LogP contribution is -2.34. The number of nitrogens with zero attached hydrogens (tertiary/aromatic N) is 1. The van der Waals surface area contributed by atoms with Gasteiger partial charge in [0, 0.05) is 36.8 Å². The van der Waals surface area contributed by atoms with E-state index in [9.17, 15) is 9.18 Å². The Kier molecular flexibility index (Phi) is 5.58. The maximum Gasteiger partial charge on any atom is 0.315 e. The fourth-order valence-electron chi connectivity index (χ4n) is 3.09. The molecule has 0 atom stereocenters. The number of nitrogens with one attached hydrogen (secondary N) is 2. The number of anilines is 1. The molecule has 0 aromatic heterocycles. The summed E-state index contributed by atoms with van der Waals surface area (Å²) in [6.07, 6.45) is 2.23. The van der Waals surface area contributed by atoms with Gasteiger partial charge in [0.25, 0.3) is 0 Å². The van der Waals surface area contributed by atoms with E-state index in [4.69, 9.17) is 0 Å². The van der Waals surface area contributed by atoms with Crippen LogP contribution in [-0.2, 0) is 19.5 Å². The number of urea groups is 1. The van der Waals surface area contributed by atoms with Crippen LogP contribution in [0.1, 0.15) is 23.1 Å². The number of amides is 2. The lowest BCUT2D eigenvalue weighted by Gasteiger charge is -2.27. The van der Waals surface area contributed by atoms with Crippen molar-refractivity contribution in [3.63, 3.8) is 0 Å². The third kappa shape index (κ3) is 4.72. The van der Waals surface area contributed by atoms with Gasteiger partial charge in [0.1, 0.15) is 5.82 Å². The maximum atomic E-state index is 13.3. The minimum absolute atomic E-state index is 0.268. The molecule has 1 heterocycles. The van der Waals surface area contributed by atoms with E-state index in [0.29, 0.717) is 16.6 Å². The normalized spacial score (nSPS) is 13.3. The van der Waals surface area contributed by atoms with Crippen molar-refractivity contribution in [2.24, 2.45) is 0 Å². The van der Waals surface area contributed by atoms with Crippen LogP contribution in [0.15, 0.2) is 40.9 Å². The summed E-state index contributed by atoms with van der Waals surface area (Å²) < 4.78 is 14.0. The molecular weight excluding hydrogens is 385 g/mol. The number of carbonyl (C=O) groups excluding carboxylic acids is 1. The second-order valence-corrected chi connectivity index (χ2v) is 7.22. The van der Waals surface area contributed by atoms with Crippen LogP contribution >= 0.6 is 15.9 Å². The number of aryl methyl sites for hydroxylation is 1. The van der Waals surface area contributed by atoms with Gasteiger partial charge in [-0.05, 0) is 53.8 Å². The first kappa shape index (κ1) is 17.7. The average Bonchev–Trinajstić information content (AvgIpc) is 2.57. The molecule has 25 heavy (non-hydrogen) atoms. The topological polar surface area (TPSA) is 44.4 Å². The van der Waals surface area contributed by atoms with E-state index in [-0.39, 0.29) is 18.4 Å². The van der Waals surface area contributed by atoms with Gasteiger partial charge >= 0.3 is 6.03 Å². The summed E-state index contributed by atoms with van der Waals surface area (Å²) in [5.74, 6) is -0.328. The maximum absolute atomic E-state index is 13.3. The minimum Gasteiger partial charge on any atom is -0.374 e. The number of halogens is 2. The number of carbonyl (C=O) groups is 1. The number of hydrogen-bond donors (Lipinski definition) is 2.